The normalized spacial score (nSPS) is 10.1. The van der Waals surface area contributed by atoms with Gasteiger partial charge in [0, 0.05) is 10.7 Å². The Morgan fingerprint density at radius 2 is 2.00 bits per heavy atom. The van der Waals surface area contributed by atoms with Crippen LogP contribution < -0.4 is 5.32 Å². The van der Waals surface area contributed by atoms with Crippen LogP contribution in [-0.2, 0) is 0 Å². The number of anilines is 1. The van der Waals surface area contributed by atoms with Gasteiger partial charge in [-0.2, -0.15) is 0 Å². The van der Waals surface area contributed by atoms with E-state index in [0.717, 1.165) is 5.56 Å². The van der Waals surface area contributed by atoms with E-state index in [-0.39, 0.29) is 17.0 Å². The van der Waals surface area contributed by atoms with E-state index in [1.165, 1.54) is 24.3 Å². The van der Waals surface area contributed by atoms with Crippen molar-refractivity contribution in [3.8, 4) is 5.75 Å². The zero-order valence-electron chi connectivity index (χ0n) is 10.6. The van der Waals surface area contributed by atoms with Crippen molar-refractivity contribution in [1.82, 2.24) is 0 Å². The molecule has 2 N–H and O–H groups in total. The lowest BCUT2D eigenvalue weighted by atomic mass is 10.1. The molecule has 1 amide bonds. The maximum absolute atomic E-state index is 12.1. The third kappa shape index (κ3) is 2.95. The van der Waals surface area contributed by atoms with Crippen molar-refractivity contribution in [1.29, 1.82) is 0 Å². The molecule has 0 saturated heterocycles. The average Bonchev–Trinajstić information content (AvgIpc) is 2.43. The van der Waals surface area contributed by atoms with Gasteiger partial charge in [0.15, 0.2) is 0 Å². The molecule has 0 aliphatic rings. The number of nitrogens with one attached hydrogen (secondary N) is 1. The molecule has 0 fully saturated rings. The number of rotatable bonds is 3. The Labute approximate surface area is 120 Å². The summed E-state index contributed by atoms with van der Waals surface area (Å²) in [5.74, 6) is -0.689. The number of halogens is 1. The van der Waals surface area contributed by atoms with Crippen LogP contribution in [0.4, 0.5) is 11.4 Å². The number of carbonyl (C=O) groups is 1. The largest absolute Gasteiger partial charge is 0.507 e. The summed E-state index contributed by atoms with van der Waals surface area (Å²) >= 11 is 5.80. The molecule has 0 unspecified atom stereocenters. The number of nitroso groups, excluding NO2 is 1. The quantitative estimate of drug-likeness (QED) is 0.838. The molecular weight excluding hydrogens is 280 g/mol. The van der Waals surface area contributed by atoms with Crippen molar-refractivity contribution in [3.05, 3.63) is 57.5 Å². The van der Waals surface area contributed by atoms with E-state index < -0.39 is 5.91 Å². The average molecular weight is 291 g/mol. The maximum atomic E-state index is 12.1. The van der Waals surface area contributed by atoms with E-state index in [1.807, 2.05) is 0 Å². The minimum Gasteiger partial charge on any atom is -0.507 e. The van der Waals surface area contributed by atoms with Gasteiger partial charge in [-0.05, 0) is 48.0 Å². The number of phenolic OH excluding ortho intramolecular Hbond substituents is 1. The van der Waals surface area contributed by atoms with Crippen LogP contribution in [0.1, 0.15) is 15.9 Å². The van der Waals surface area contributed by atoms with E-state index in [4.69, 9.17) is 11.6 Å². The number of nitrogens with zero attached hydrogens (tertiary/aromatic N) is 1. The highest BCUT2D eigenvalue weighted by Gasteiger charge is 2.13. The molecule has 0 bridgehead atoms. The first-order chi connectivity index (χ1) is 9.51. The first-order valence-corrected chi connectivity index (χ1v) is 6.13. The molecule has 2 aromatic rings. The Balaban J connectivity index is 2.32. The number of amides is 1. The Bertz CT molecular complexity index is 686. The zero-order valence-corrected chi connectivity index (χ0v) is 11.3. The lowest BCUT2D eigenvalue weighted by Crippen LogP contribution is -2.13. The van der Waals surface area contributed by atoms with E-state index in [2.05, 4.69) is 10.5 Å². The smallest absolute Gasteiger partial charge is 0.259 e. The zero-order chi connectivity index (χ0) is 14.7. The van der Waals surface area contributed by atoms with Gasteiger partial charge in [-0.3, -0.25) is 4.79 Å². The molecule has 0 radical (unpaired) electrons. The Hall–Kier alpha value is -2.40. The van der Waals surface area contributed by atoms with Crippen LogP contribution >= 0.6 is 11.6 Å². The van der Waals surface area contributed by atoms with E-state index >= 15 is 0 Å². The fourth-order valence-electron chi connectivity index (χ4n) is 1.68. The van der Waals surface area contributed by atoms with Gasteiger partial charge in [0.1, 0.15) is 11.4 Å². The lowest BCUT2D eigenvalue weighted by molar-refractivity contribution is 0.102. The molecule has 102 valence electrons. The Morgan fingerprint density at radius 1 is 1.25 bits per heavy atom. The van der Waals surface area contributed by atoms with Gasteiger partial charge < -0.3 is 10.4 Å². The summed E-state index contributed by atoms with van der Waals surface area (Å²) in [6, 6.07) is 8.87. The highest BCUT2D eigenvalue weighted by molar-refractivity contribution is 6.31. The number of benzene rings is 2. The van der Waals surface area contributed by atoms with Gasteiger partial charge in [0.25, 0.3) is 5.91 Å². The van der Waals surface area contributed by atoms with Crippen LogP contribution in [-0.4, -0.2) is 11.0 Å². The predicted molar refractivity (Wildman–Crippen MR) is 77.7 cm³/mol. The van der Waals surface area contributed by atoms with Crippen molar-refractivity contribution in [2.24, 2.45) is 5.18 Å². The summed E-state index contributed by atoms with van der Waals surface area (Å²) in [6.07, 6.45) is 0. The second-order valence-electron chi connectivity index (χ2n) is 4.21. The van der Waals surface area contributed by atoms with Gasteiger partial charge in [-0.15, -0.1) is 4.91 Å². The van der Waals surface area contributed by atoms with Gasteiger partial charge >= 0.3 is 0 Å². The molecule has 2 aromatic carbocycles. The van der Waals surface area contributed by atoms with Crippen LogP contribution in [0, 0.1) is 11.8 Å². The van der Waals surface area contributed by atoms with Crippen molar-refractivity contribution in [2.45, 2.75) is 6.92 Å². The Morgan fingerprint density at radius 3 is 2.70 bits per heavy atom. The molecule has 6 heteroatoms. The summed E-state index contributed by atoms with van der Waals surface area (Å²) in [4.78, 5) is 22.6. The third-order valence-corrected chi connectivity index (χ3v) is 3.01. The topological polar surface area (TPSA) is 78.8 Å². The number of carbonyl (C=O) groups excluding carboxylic acids is 1. The van der Waals surface area contributed by atoms with E-state index in [1.54, 1.807) is 19.1 Å². The molecule has 0 atom stereocenters. The monoisotopic (exact) mass is 290 g/mol. The molecule has 2 rings (SSSR count). The molecule has 0 aromatic heterocycles. The highest BCUT2D eigenvalue weighted by atomic mass is 35.5. The number of hydrogen-bond acceptors (Lipinski definition) is 4. The van der Waals surface area contributed by atoms with E-state index in [0.29, 0.717) is 10.7 Å². The summed E-state index contributed by atoms with van der Waals surface area (Å²) in [7, 11) is 0. The lowest BCUT2D eigenvalue weighted by Gasteiger charge is -2.10. The first kappa shape index (κ1) is 14.0. The van der Waals surface area contributed by atoms with Gasteiger partial charge in [0.2, 0.25) is 0 Å². The van der Waals surface area contributed by atoms with Crippen molar-refractivity contribution in [3.63, 3.8) is 0 Å². The minimum absolute atomic E-state index is 0.0568. The van der Waals surface area contributed by atoms with Crippen LogP contribution in [0.25, 0.3) is 0 Å². The molecule has 0 saturated carbocycles. The minimum atomic E-state index is -0.517. The summed E-state index contributed by atoms with van der Waals surface area (Å²) in [5, 5.41) is 15.4. The van der Waals surface area contributed by atoms with Crippen molar-refractivity contribution < 1.29 is 9.90 Å². The predicted octanol–water partition coefficient (Wildman–Crippen LogP) is 4.00. The number of aromatic hydroxyl groups is 1. The van der Waals surface area contributed by atoms with Crippen molar-refractivity contribution >= 4 is 28.9 Å². The maximum Gasteiger partial charge on any atom is 0.259 e. The molecular formula is C14H11ClN2O3. The van der Waals surface area contributed by atoms with Crippen LogP contribution in [0.3, 0.4) is 0 Å². The molecule has 20 heavy (non-hydrogen) atoms. The summed E-state index contributed by atoms with van der Waals surface area (Å²) in [6.45, 7) is 1.78. The number of aryl methyl sites for hydroxylation is 1. The molecule has 0 aliphatic carbocycles. The van der Waals surface area contributed by atoms with Crippen LogP contribution in [0.5, 0.6) is 5.75 Å². The highest BCUT2D eigenvalue weighted by Crippen LogP contribution is 2.25. The number of phenols is 1. The third-order valence-electron chi connectivity index (χ3n) is 2.78. The van der Waals surface area contributed by atoms with Crippen LogP contribution in [0.2, 0.25) is 5.02 Å². The van der Waals surface area contributed by atoms with Gasteiger partial charge in [-0.25, -0.2) is 0 Å². The van der Waals surface area contributed by atoms with Crippen molar-refractivity contribution in [2.75, 3.05) is 5.32 Å². The molecule has 0 heterocycles. The van der Waals surface area contributed by atoms with Gasteiger partial charge in [-0.1, -0.05) is 17.7 Å². The fourth-order valence-corrected chi connectivity index (χ4v) is 1.85. The summed E-state index contributed by atoms with van der Waals surface area (Å²) < 4.78 is 0. The van der Waals surface area contributed by atoms with E-state index in [9.17, 15) is 14.8 Å². The molecule has 0 spiro atoms. The summed E-state index contributed by atoms with van der Waals surface area (Å²) in [5.41, 5.74) is 1.49. The SMILES string of the molecule is Cc1ccc(N=O)cc1NC(=O)c1cc(Cl)ccc1O. The second-order valence-corrected chi connectivity index (χ2v) is 4.64. The molecule has 5 nitrogen and oxygen atoms in total. The van der Waals surface area contributed by atoms with Gasteiger partial charge in [0.05, 0.1) is 5.56 Å². The van der Waals surface area contributed by atoms with Crippen LogP contribution in [0.15, 0.2) is 41.6 Å². The Kier molecular flexibility index (Phi) is 4.00. The first-order valence-electron chi connectivity index (χ1n) is 5.75. The fraction of sp³-hybridized carbons (Fsp3) is 0.0714. The number of hydrogen-bond donors (Lipinski definition) is 2. The second kappa shape index (κ2) is 5.71. The molecule has 0 aliphatic heterocycles. The standard InChI is InChI=1S/C14H11ClN2O3/c1-8-2-4-10(17-20)7-12(8)16-14(19)11-6-9(15)3-5-13(11)18/h2-7,18H,1H3,(H,16,19).